The van der Waals surface area contributed by atoms with E-state index in [9.17, 15) is 19.2 Å². The molecule has 0 aliphatic carbocycles. The van der Waals surface area contributed by atoms with Gasteiger partial charge in [-0.3, -0.25) is 4.79 Å². The Hall–Kier alpha value is -1.48. The van der Waals surface area contributed by atoms with Crippen LogP contribution in [0.1, 0.15) is 31.1 Å². The molecule has 0 amide bonds. The summed E-state index contributed by atoms with van der Waals surface area (Å²) < 4.78 is -1.72. The van der Waals surface area contributed by atoms with E-state index in [1.807, 2.05) is 0 Å². The van der Waals surface area contributed by atoms with Crippen LogP contribution in [-0.2, 0) is 4.79 Å². The Morgan fingerprint density at radius 1 is 0.955 bits per heavy atom. The Labute approximate surface area is 143 Å². The molecule has 0 unspecified atom stereocenters. The summed E-state index contributed by atoms with van der Waals surface area (Å²) in [6, 6.07) is 1.72. The molecular formula is C11H7Cl3O7S. The molecular weight excluding hydrogens is 383 g/mol. The molecule has 0 atom stereocenters. The van der Waals surface area contributed by atoms with Gasteiger partial charge in [0.25, 0.3) is 0 Å². The van der Waals surface area contributed by atoms with E-state index in [4.69, 9.17) is 50.1 Å². The SMILES string of the molecule is O=C(O)c1cc(C(=O)O)c(S)c(C(=O)O)c1.O=CC(Cl)(Cl)Cl. The van der Waals surface area contributed by atoms with Crippen LogP contribution in [0.2, 0.25) is 0 Å². The van der Waals surface area contributed by atoms with Crippen LogP contribution >= 0.6 is 47.4 Å². The molecule has 0 fully saturated rings. The second kappa shape index (κ2) is 8.23. The molecule has 22 heavy (non-hydrogen) atoms. The van der Waals surface area contributed by atoms with E-state index in [1.165, 1.54) is 0 Å². The lowest BCUT2D eigenvalue weighted by molar-refractivity contribution is -0.107. The number of thiol groups is 1. The number of aromatic carboxylic acids is 3. The highest BCUT2D eigenvalue weighted by Crippen LogP contribution is 2.22. The van der Waals surface area contributed by atoms with Gasteiger partial charge in [0.2, 0.25) is 3.79 Å². The quantitative estimate of drug-likeness (QED) is 0.355. The molecule has 0 aliphatic rings. The van der Waals surface area contributed by atoms with E-state index in [0.717, 1.165) is 12.1 Å². The Kier molecular flexibility index (Phi) is 7.68. The maximum Gasteiger partial charge on any atom is 0.336 e. The van der Waals surface area contributed by atoms with Crippen LogP contribution in [0.3, 0.4) is 0 Å². The first-order valence-corrected chi connectivity index (χ1v) is 6.58. The monoisotopic (exact) mass is 388 g/mol. The zero-order valence-electron chi connectivity index (χ0n) is 10.3. The smallest absolute Gasteiger partial charge is 0.336 e. The van der Waals surface area contributed by atoms with Crippen molar-refractivity contribution in [2.24, 2.45) is 0 Å². The standard InChI is InChI=1S/C9H6O6S.C2HCl3O/c10-7(11)3-1-4(8(12)13)6(16)5(2-3)9(14)15;3-2(4,5)1-6/h1-2,16H,(H,10,11)(H,12,13)(H,14,15);1H. The fourth-order valence-corrected chi connectivity index (χ4v) is 1.40. The van der Waals surface area contributed by atoms with Crippen molar-refractivity contribution >= 4 is 71.6 Å². The van der Waals surface area contributed by atoms with Crippen LogP contribution in [0.25, 0.3) is 0 Å². The first kappa shape index (κ1) is 20.5. The summed E-state index contributed by atoms with van der Waals surface area (Å²) in [4.78, 5) is 41.3. The summed E-state index contributed by atoms with van der Waals surface area (Å²) in [5.41, 5.74) is -1.33. The summed E-state index contributed by atoms with van der Waals surface area (Å²) in [6.07, 6.45) is 0.234. The van der Waals surface area contributed by atoms with Crippen molar-refractivity contribution in [3.05, 3.63) is 28.8 Å². The van der Waals surface area contributed by atoms with Crippen molar-refractivity contribution in [2.75, 3.05) is 0 Å². The Morgan fingerprint density at radius 3 is 1.45 bits per heavy atom. The highest BCUT2D eigenvalue weighted by Gasteiger charge is 2.20. The molecule has 1 rings (SSSR count). The molecule has 0 bridgehead atoms. The minimum Gasteiger partial charge on any atom is -0.478 e. The maximum atomic E-state index is 10.7. The number of halogens is 3. The predicted octanol–water partition coefficient (Wildman–Crippen LogP) is 2.63. The van der Waals surface area contributed by atoms with Crippen molar-refractivity contribution in [2.45, 2.75) is 8.69 Å². The predicted molar refractivity (Wildman–Crippen MR) is 80.9 cm³/mol. The second-order valence-corrected chi connectivity index (χ2v) is 6.31. The van der Waals surface area contributed by atoms with Gasteiger partial charge in [0, 0.05) is 4.90 Å². The highest BCUT2D eigenvalue weighted by molar-refractivity contribution is 7.80. The molecule has 0 saturated carbocycles. The number of carboxylic acid groups (broad SMARTS) is 3. The number of carbonyl (C=O) groups is 4. The fraction of sp³-hybridized carbons (Fsp3) is 0.0909. The zero-order chi connectivity index (χ0) is 17.7. The number of hydrogen-bond acceptors (Lipinski definition) is 5. The number of benzene rings is 1. The largest absolute Gasteiger partial charge is 0.478 e. The minimum absolute atomic E-state index is 0.234. The van der Waals surface area contributed by atoms with Crippen LogP contribution in [0, 0.1) is 0 Å². The van der Waals surface area contributed by atoms with Crippen molar-refractivity contribution in [1.82, 2.24) is 0 Å². The number of carbonyl (C=O) groups excluding carboxylic acids is 1. The summed E-state index contributed by atoms with van der Waals surface area (Å²) in [5, 5.41) is 26.2. The van der Waals surface area contributed by atoms with Gasteiger partial charge in [-0.1, -0.05) is 34.8 Å². The summed E-state index contributed by atoms with van der Waals surface area (Å²) in [5.74, 6) is -4.27. The van der Waals surface area contributed by atoms with Gasteiger partial charge in [-0.25, -0.2) is 14.4 Å². The van der Waals surface area contributed by atoms with Gasteiger partial charge in [-0.15, -0.1) is 12.6 Å². The summed E-state index contributed by atoms with van der Waals surface area (Å²) >= 11 is 18.4. The van der Waals surface area contributed by atoms with Crippen LogP contribution in [0.4, 0.5) is 0 Å². The van der Waals surface area contributed by atoms with Crippen LogP contribution in [-0.4, -0.2) is 43.3 Å². The number of carboxylic acids is 3. The van der Waals surface area contributed by atoms with Crippen LogP contribution in [0.5, 0.6) is 0 Å². The van der Waals surface area contributed by atoms with Crippen LogP contribution in [0.15, 0.2) is 17.0 Å². The van der Waals surface area contributed by atoms with Gasteiger partial charge in [0.15, 0.2) is 6.29 Å². The third-order valence-electron chi connectivity index (χ3n) is 1.95. The lowest BCUT2D eigenvalue weighted by atomic mass is 10.1. The molecule has 3 N–H and O–H groups in total. The molecule has 7 nitrogen and oxygen atoms in total. The highest BCUT2D eigenvalue weighted by atomic mass is 35.6. The molecule has 1 aromatic carbocycles. The average Bonchev–Trinajstić information content (AvgIpc) is 2.37. The van der Waals surface area contributed by atoms with Crippen molar-refractivity contribution in [1.29, 1.82) is 0 Å². The van der Waals surface area contributed by atoms with E-state index < -0.39 is 38.4 Å². The molecule has 0 aliphatic heterocycles. The van der Waals surface area contributed by atoms with E-state index in [0.29, 0.717) is 0 Å². The number of hydrogen-bond donors (Lipinski definition) is 4. The Bertz CT molecular complexity index is 590. The molecule has 1 aromatic rings. The second-order valence-electron chi connectivity index (χ2n) is 3.49. The first-order valence-electron chi connectivity index (χ1n) is 5.00. The maximum absolute atomic E-state index is 10.7. The van der Waals surface area contributed by atoms with E-state index in [2.05, 4.69) is 12.6 Å². The molecule has 0 saturated heterocycles. The molecule has 120 valence electrons. The normalized spacial score (nSPS) is 10.2. The van der Waals surface area contributed by atoms with Crippen molar-refractivity contribution in [3.63, 3.8) is 0 Å². The van der Waals surface area contributed by atoms with Gasteiger partial charge in [-0.05, 0) is 12.1 Å². The molecule has 11 heteroatoms. The van der Waals surface area contributed by atoms with Gasteiger partial charge < -0.3 is 15.3 Å². The van der Waals surface area contributed by atoms with Crippen molar-refractivity contribution < 1.29 is 34.5 Å². The topological polar surface area (TPSA) is 129 Å². The Balaban J connectivity index is 0.000000626. The van der Waals surface area contributed by atoms with Crippen molar-refractivity contribution in [3.8, 4) is 0 Å². The zero-order valence-corrected chi connectivity index (χ0v) is 13.5. The number of aldehydes is 1. The van der Waals surface area contributed by atoms with E-state index in [1.54, 1.807) is 0 Å². The number of alkyl halides is 3. The van der Waals surface area contributed by atoms with Gasteiger partial charge in [0.1, 0.15) is 0 Å². The van der Waals surface area contributed by atoms with E-state index >= 15 is 0 Å². The molecule has 0 spiro atoms. The minimum atomic E-state index is -1.72. The van der Waals surface area contributed by atoms with Gasteiger partial charge in [-0.2, -0.15) is 0 Å². The Morgan fingerprint density at radius 2 is 1.27 bits per heavy atom. The third-order valence-corrected chi connectivity index (χ3v) is 2.70. The summed E-state index contributed by atoms with van der Waals surface area (Å²) in [7, 11) is 0. The molecule has 0 aromatic heterocycles. The lowest BCUT2D eigenvalue weighted by Gasteiger charge is -2.05. The lowest BCUT2D eigenvalue weighted by Crippen LogP contribution is -2.09. The number of rotatable bonds is 3. The van der Waals surface area contributed by atoms with Gasteiger partial charge in [0.05, 0.1) is 16.7 Å². The first-order chi connectivity index (χ1) is 9.90. The van der Waals surface area contributed by atoms with E-state index in [-0.39, 0.29) is 11.2 Å². The third kappa shape index (κ3) is 6.52. The summed E-state index contributed by atoms with van der Waals surface area (Å²) in [6.45, 7) is 0. The van der Waals surface area contributed by atoms with Gasteiger partial charge >= 0.3 is 17.9 Å². The van der Waals surface area contributed by atoms with Crippen LogP contribution < -0.4 is 0 Å². The molecule has 0 heterocycles. The fourth-order valence-electron chi connectivity index (χ4n) is 1.08. The molecule has 0 radical (unpaired) electrons. The average molecular weight is 390 g/mol.